The average molecular weight is 355 g/mol. The average Bonchev–Trinajstić information content (AvgIpc) is 2.72. The lowest BCUT2D eigenvalue weighted by Crippen LogP contribution is -2.24. The fourth-order valence-electron chi connectivity index (χ4n) is 1.99. The van der Waals surface area contributed by atoms with Crippen molar-refractivity contribution in [1.82, 2.24) is 9.78 Å². The Labute approximate surface area is 132 Å². The summed E-state index contributed by atoms with van der Waals surface area (Å²) in [5, 5.41) is 14.4. The first kappa shape index (κ1) is 15.9. The number of nitrogens with zero attached hydrogens (tertiary/aromatic N) is 2. The van der Waals surface area contributed by atoms with Gasteiger partial charge in [-0.05, 0) is 41.9 Å². The number of halogens is 1. The highest BCUT2D eigenvalue weighted by molar-refractivity contribution is 9.10. The monoisotopic (exact) mass is 354 g/mol. The van der Waals surface area contributed by atoms with Crippen LogP contribution in [-0.4, -0.2) is 34.7 Å². The van der Waals surface area contributed by atoms with Crippen LogP contribution in [0.1, 0.15) is 11.4 Å². The van der Waals surface area contributed by atoms with Crippen molar-refractivity contribution in [2.45, 2.75) is 26.5 Å². The minimum absolute atomic E-state index is 0.198. The zero-order chi connectivity index (χ0) is 15.4. The summed E-state index contributed by atoms with van der Waals surface area (Å²) in [6.45, 7) is 4.47. The van der Waals surface area contributed by atoms with E-state index < -0.39 is 6.10 Å². The van der Waals surface area contributed by atoms with E-state index in [0.29, 0.717) is 12.3 Å². The van der Waals surface area contributed by atoms with E-state index in [-0.39, 0.29) is 6.61 Å². The Morgan fingerprint density at radius 2 is 2.05 bits per heavy atom. The molecule has 0 saturated carbocycles. The van der Waals surface area contributed by atoms with Crippen LogP contribution in [0.15, 0.2) is 28.7 Å². The van der Waals surface area contributed by atoms with E-state index in [1.807, 2.05) is 32.0 Å². The molecule has 1 aromatic carbocycles. The van der Waals surface area contributed by atoms with Crippen LogP contribution in [0.2, 0.25) is 0 Å². The molecule has 5 nitrogen and oxygen atoms in total. The van der Waals surface area contributed by atoms with E-state index in [4.69, 9.17) is 9.47 Å². The lowest BCUT2D eigenvalue weighted by molar-refractivity contribution is 0.0885. The Balaban J connectivity index is 1.92. The second kappa shape index (κ2) is 6.95. The summed E-state index contributed by atoms with van der Waals surface area (Å²) < 4.78 is 13.5. The fraction of sp³-hybridized carbons (Fsp3) is 0.400. The number of methoxy groups -OCH3 is 1. The molecule has 1 atom stereocenters. The summed E-state index contributed by atoms with van der Waals surface area (Å²) in [4.78, 5) is 0. The maximum atomic E-state index is 10.1. The lowest BCUT2D eigenvalue weighted by atomic mass is 10.3. The number of aryl methyl sites for hydroxylation is 1. The first-order valence-corrected chi connectivity index (χ1v) is 7.45. The van der Waals surface area contributed by atoms with Crippen LogP contribution >= 0.6 is 15.9 Å². The number of aliphatic hydroxyl groups excluding tert-OH is 1. The molecule has 0 spiro atoms. The molecule has 1 heterocycles. The van der Waals surface area contributed by atoms with Crippen LogP contribution in [0.3, 0.4) is 0 Å². The Kier molecular flexibility index (Phi) is 5.25. The van der Waals surface area contributed by atoms with Crippen molar-refractivity contribution in [3.05, 3.63) is 40.1 Å². The van der Waals surface area contributed by atoms with E-state index in [1.165, 1.54) is 0 Å². The van der Waals surface area contributed by atoms with Gasteiger partial charge in [0, 0.05) is 11.8 Å². The van der Waals surface area contributed by atoms with Gasteiger partial charge in [-0.1, -0.05) is 6.07 Å². The maximum absolute atomic E-state index is 10.1. The molecule has 0 amide bonds. The fourth-order valence-corrected chi connectivity index (χ4v) is 2.27. The highest BCUT2D eigenvalue weighted by Gasteiger charge is 2.13. The van der Waals surface area contributed by atoms with Gasteiger partial charge in [0.15, 0.2) is 0 Å². The maximum Gasteiger partial charge on any atom is 0.123 e. The zero-order valence-electron chi connectivity index (χ0n) is 12.3. The summed E-state index contributed by atoms with van der Waals surface area (Å²) >= 11 is 3.47. The molecule has 0 bridgehead atoms. The molecule has 0 aliphatic carbocycles. The Morgan fingerprint density at radius 1 is 1.33 bits per heavy atom. The predicted octanol–water partition coefficient (Wildman–Crippen LogP) is 2.71. The Bertz CT molecular complexity index is 613. The molecule has 6 heteroatoms. The zero-order valence-corrected chi connectivity index (χ0v) is 13.9. The molecule has 1 unspecified atom stereocenters. The van der Waals surface area contributed by atoms with Gasteiger partial charge in [0.1, 0.15) is 24.2 Å². The van der Waals surface area contributed by atoms with Gasteiger partial charge in [-0.3, -0.25) is 4.68 Å². The van der Waals surface area contributed by atoms with Crippen LogP contribution in [0.4, 0.5) is 0 Å². The number of aliphatic hydroxyl groups is 1. The number of hydrogen-bond acceptors (Lipinski definition) is 4. The molecule has 2 rings (SSSR count). The van der Waals surface area contributed by atoms with Crippen molar-refractivity contribution in [2.75, 3.05) is 13.7 Å². The molecule has 0 saturated heterocycles. The molecule has 0 aliphatic rings. The van der Waals surface area contributed by atoms with E-state index >= 15 is 0 Å². The molecule has 1 N–H and O–H groups in total. The summed E-state index contributed by atoms with van der Waals surface area (Å²) in [7, 11) is 1.61. The normalized spacial score (nSPS) is 12.2. The molecular formula is C15H19BrN2O3. The minimum Gasteiger partial charge on any atom is -0.497 e. The van der Waals surface area contributed by atoms with Gasteiger partial charge in [-0.2, -0.15) is 5.10 Å². The highest BCUT2D eigenvalue weighted by Crippen LogP contribution is 2.21. The minimum atomic E-state index is -0.638. The van der Waals surface area contributed by atoms with Crippen LogP contribution in [0.25, 0.3) is 0 Å². The van der Waals surface area contributed by atoms with E-state index in [9.17, 15) is 5.11 Å². The third-order valence-electron chi connectivity index (χ3n) is 3.16. The molecule has 0 aliphatic heterocycles. The van der Waals surface area contributed by atoms with E-state index in [2.05, 4.69) is 21.0 Å². The standard InChI is InChI=1S/C15H19BrN2O3/c1-10-15(16)11(2)18(17-10)8-12(19)9-21-14-6-4-5-13(7-14)20-3/h4-7,12,19H,8-9H2,1-3H3. The van der Waals surface area contributed by atoms with Crippen LogP contribution in [-0.2, 0) is 6.54 Å². The molecule has 0 radical (unpaired) electrons. The molecule has 114 valence electrons. The SMILES string of the molecule is COc1cccc(OCC(O)Cn2nc(C)c(Br)c2C)c1. The number of rotatable bonds is 6. The van der Waals surface area contributed by atoms with Gasteiger partial charge in [0.25, 0.3) is 0 Å². The Morgan fingerprint density at radius 3 is 2.67 bits per heavy atom. The topological polar surface area (TPSA) is 56.5 Å². The number of benzene rings is 1. The van der Waals surface area contributed by atoms with Crippen molar-refractivity contribution >= 4 is 15.9 Å². The van der Waals surface area contributed by atoms with Crippen LogP contribution in [0.5, 0.6) is 11.5 Å². The largest absolute Gasteiger partial charge is 0.497 e. The third kappa shape index (κ3) is 3.98. The van der Waals surface area contributed by atoms with Crippen molar-refractivity contribution in [1.29, 1.82) is 0 Å². The van der Waals surface area contributed by atoms with Gasteiger partial charge < -0.3 is 14.6 Å². The van der Waals surface area contributed by atoms with Crippen molar-refractivity contribution in [3.63, 3.8) is 0 Å². The summed E-state index contributed by atoms with van der Waals surface area (Å²) in [5.41, 5.74) is 1.90. The number of aromatic nitrogens is 2. The summed E-state index contributed by atoms with van der Waals surface area (Å²) in [5.74, 6) is 1.40. The second-order valence-corrected chi connectivity index (χ2v) is 5.60. The van der Waals surface area contributed by atoms with Crippen LogP contribution in [0, 0.1) is 13.8 Å². The van der Waals surface area contributed by atoms with Gasteiger partial charge in [-0.15, -0.1) is 0 Å². The quantitative estimate of drug-likeness (QED) is 0.866. The summed E-state index contributed by atoms with van der Waals surface area (Å²) in [6.07, 6.45) is -0.638. The van der Waals surface area contributed by atoms with Crippen LogP contribution < -0.4 is 9.47 Å². The van der Waals surface area contributed by atoms with Crippen molar-refractivity contribution in [2.24, 2.45) is 0 Å². The van der Waals surface area contributed by atoms with E-state index in [1.54, 1.807) is 17.9 Å². The molecule has 0 fully saturated rings. The smallest absolute Gasteiger partial charge is 0.123 e. The Hall–Kier alpha value is -1.53. The number of hydrogen-bond donors (Lipinski definition) is 1. The van der Waals surface area contributed by atoms with Gasteiger partial charge in [0.05, 0.1) is 23.8 Å². The van der Waals surface area contributed by atoms with E-state index in [0.717, 1.165) is 21.6 Å². The molecular weight excluding hydrogens is 336 g/mol. The molecule has 1 aromatic heterocycles. The third-order valence-corrected chi connectivity index (χ3v) is 4.31. The predicted molar refractivity (Wildman–Crippen MR) is 83.9 cm³/mol. The van der Waals surface area contributed by atoms with Gasteiger partial charge in [-0.25, -0.2) is 0 Å². The first-order chi connectivity index (χ1) is 10.0. The lowest BCUT2D eigenvalue weighted by Gasteiger charge is -2.14. The van der Waals surface area contributed by atoms with Crippen molar-refractivity contribution < 1.29 is 14.6 Å². The molecule has 21 heavy (non-hydrogen) atoms. The van der Waals surface area contributed by atoms with Crippen molar-refractivity contribution in [3.8, 4) is 11.5 Å². The first-order valence-electron chi connectivity index (χ1n) is 6.65. The summed E-state index contributed by atoms with van der Waals surface area (Å²) in [6, 6.07) is 7.30. The molecule has 2 aromatic rings. The highest BCUT2D eigenvalue weighted by atomic mass is 79.9. The van der Waals surface area contributed by atoms with Gasteiger partial charge >= 0.3 is 0 Å². The number of ether oxygens (including phenoxy) is 2. The second-order valence-electron chi connectivity index (χ2n) is 4.81. The van der Waals surface area contributed by atoms with Gasteiger partial charge in [0.2, 0.25) is 0 Å².